The molecule has 2 aromatic rings. The van der Waals surface area contributed by atoms with Crippen molar-refractivity contribution in [2.75, 3.05) is 6.54 Å². The molecule has 5 heteroatoms. The maximum Gasteiger partial charge on any atom is 0.335 e. The smallest absolute Gasteiger partial charge is 0.335 e. The number of thiophene rings is 1. The highest BCUT2D eigenvalue weighted by Crippen LogP contribution is 2.10. The van der Waals surface area contributed by atoms with Gasteiger partial charge in [0, 0.05) is 6.54 Å². The number of aromatic carboxylic acids is 1. The third-order valence-corrected chi connectivity index (χ3v) is 3.65. The summed E-state index contributed by atoms with van der Waals surface area (Å²) >= 11 is 1.63. The van der Waals surface area contributed by atoms with Crippen molar-refractivity contribution in [3.8, 4) is 0 Å². The monoisotopic (exact) mass is 289 g/mol. The van der Waals surface area contributed by atoms with Crippen molar-refractivity contribution in [2.45, 2.75) is 12.8 Å². The second kappa shape index (κ2) is 6.86. The van der Waals surface area contributed by atoms with Crippen LogP contribution >= 0.6 is 11.3 Å². The molecule has 2 rings (SSSR count). The van der Waals surface area contributed by atoms with Crippen LogP contribution in [0.5, 0.6) is 0 Å². The summed E-state index contributed by atoms with van der Waals surface area (Å²) in [5.41, 5.74) is 1.91. The SMILES string of the molecule is O=C(Cc1ccccc1C(=O)O)NCCc1ccsc1. The van der Waals surface area contributed by atoms with Crippen LogP contribution in [0.15, 0.2) is 41.1 Å². The number of hydrogen-bond acceptors (Lipinski definition) is 3. The predicted octanol–water partition coefficient (Wildman–Crippen LogP) is 2.35. The second-order valence-corrected chi connectivity index (χ2v) is 5.15. The Bertz CT molecular complexity index is 593. The van der Waals surface area contributed by atoms with Gasteiger partial charge in [-0.15, -0.1) is 0 Å². The van der Waals surface area contributed by atoms with E-state index in [0.29, 0.717) is 12.1 Å². The van der Waals surface area contributed by atoms with Gasteiger partial charge in [-0.05, 0) is 40.4 Å². The summed E-state index contributed by atoms with van der Waals surface area (Å²) in [5.74, 6) is -1.17. The van der Waals surface area contributed by atoms with Crippen molar-refractivity contribution in [1.82, 2.24) is 5.32 Å². The predicted molar refractivity (Wildman–Crippen MR) is 78.1 cm³/mol. The Kier molecular flexibility index (Phi) is 4.90. The molecule has 0 saturated heterocycles. The van der Waals surface area contributed by atoms with E-state index < -0.39 is 5.97 Å². The maximum absolute atomic E-state index is 11.8. The van der Waals surface area contributed by atoms with Crippen LogP contribution in [0.1, 0.15) is 21.5 Å². The molecule has 2 N–H and O–H groups in total. The average Bonchev–Trinajstić information content (AvgIpc) is 2.92. The third kappa shape index (κ3) is 3.93. The minimum Gasteiger partial charge on any atom is -0.478 e. The van der Waals surface area contributed by atoms with E-state index in [1.165, 1.54) is 11.6 Å². The molecule has 0 aliphatic carbocycles. The van der Waals surface area contributed by atoms with Crippen LogP contribution in [0.2, 0.25) is 0 Å². The molecule has 0 saturated carbocycles. The molecule has 1 aromatic heterocycles. The van der Waals surface area contributed by atoms with Gasteiger partial charge >= 0.3 is 5.97 Å². The minimum absolute atomic E-state index is 0.0894. The number of amides is 1. The molecule has 1 aromatic carbocycles. The lowest BCUT2D eigenvalue weighted by atomic mass is 10.0. The van der Waals surface area contributed by atoms with E-state index in [1.807, 2.05) is 16.8 Å². The molecular formula is C15H15NO3S. The molecule has 1 amide bonds. The van der Waals surface area contributed by atoms with E-state index in [9.17, 15) is 9.59 Å². The topological polar surface area (TPSA) is 66.4 Å². The number of carbonyl (C=O) groups excluding carboxylic acids is 1. The lowest BCUT2D eigenvalue weighted by Crippen LogP contribution is -2.27. The van der Waals surface area contributed by atoms with Crippen LogP contribution in [0.25, 0.3) is 0 Å². The molecule has 0 unspecified atom stereocenters. The Morgan fingerprint density at radius 1 is 1.20 bits per heavy atom. The van der Waals surface area contributed by atoms with E-state index >= 15 is 0 Å². The van der Waals surface area contributed by atoms with Crippen LogP contribution in [-0.2, 0) is 17.6 Å². The number of benzene rings is 1. The number of nitrogens with one attached hydrogen (secondary N) is 1. The Labute approximate surface area is 121 Å². The molecule has 0 spiro atoms. The number of carboxylic acid groups (broad SMARTS) is 1. The minimum atomic E-state index is -1.01. The zero-order valence-corrected chi connectivity index (χ0v) is 11.7. The van der Waals surface area contributed by atoms with Crippen LogP contribution in [-0.4, -0.2) is 23.5 Å². The first-order chi connectivity index (χ1) is 9.66. The first-order valence-electron chi connectivity index (χ1n) is 6.26. The molecular weight excluding hydrogens is 274 g/mol. The van der Waals surface area contributed by atoms with E-state index in [2.05, 4.69) is 5.32 Å². The van der Waals surface area contributed by atoms with E-state index in [0.717, 1.165) is 6.42 Å². The Hall–Kier alpha value is -2.14. The van der Waals surface area contributed by atoms with Gasteiger partial charge < -0.3 is 10.4 Å². The maximum atomic E-state index is 11.8. The summed E-state index contributed by atoms with van der Waals surface area (Å²) in [5, 5.41) is 15.9. The van der Waals surface area contributed by atoms with Crippen molar-refractivity contribution < 1.29 is 14.7 Å². The molecule has 0 radical (unpaired) electrons. The molecule has 4 nitrogen and oxygen atoms in total. The van der Waals surface area contributed by atoms with Gasteiger partial charge in [0.1, 0.15) is 0 Å². The first-order valence-corrected chi connectivity index (χ1v) is 7.20. The zero-order chi connectivity index (χ0) is 14.4. The van der Waals surface area contributed by atoms with E-state index in [1.54, 1.807) is 29.5 Å². The summed E-state index contributed by atoms with van der Waals surface area (Å²) in [6.07, 6.45) is 0.877. The summed E-state index contributed by atoms with van der Waals surface area (Å²) < 4.78 is 0. The molecule has 0 aliphatic rings. The van der Waals surface area contributed by atoms with Gasteiger partial charge in [-0.2, -0.15) is 11.3 Å². The van der Waals surface area contributed by atoms with E-state index in [4.69, 9.17) is 5.11 Å². The molecule has 104 valence electrons. The number of carbonyl (C=O) groups is 2. The normalized spacial score (nSPS) is 10.2. The fourth-order valence-corrected chi connectivity index (χ4v) is 2.60. The van der Waals surface area contributed by atoms with Gasteiger partial charge in [-0.3, -0.25) is 4.79 Å². The Balaban J connectivity index is 1.87. The molecule has 0 fully saturated rings. The van der Waals surface area contributed by atoms with Gasteiger partial charge in [-0.1, -0.05) is 18.2 Å². The third-order valence-electron chi connectivity index (χ3n) is 2.91. The van der Waals surface area contributed by atoms with Gasteiger partial charge in [-0.25, -0.2) is 4.79 Å². The van der Waals surface area contributed by atoms with Gasteiger partial charge in [0.05, 0.1) is 12.0 Å². The quantitative estimate of drug-likeness (QED) is 0.858. The average molecular weight is 289 g/mol. The zero-order valence-electron chi connectivity index (χ0n) is 10.8. The summed E-state index contributed by atoms with van der Waals surface area (Å²) in [4.78, 5) is 22.9. The largest absolute Gasteiger partial charge is 0.478 e. The van der Waals surface area contributed by atoms with Gasteiger partial charge in [0.25, 0.3) is 0 Å². The highest BCUT2D eigenvalue weighted by atomic mass is 32.1. The lowest BCUT2D eigenvalue weighted by molar-refractivity contribution is -0.120. The van der Waals surface area contributed by atoms with Crippen molar-refractivity contribution in [1.29, 1.82) is 0 Å². The Morgan fingerprint density at radius 2 is 2.00 bits per heavy atom. The number of hydrogen-bond donors (Lipinski definition) is 2. The molecule has 0 aliphatic heterocycles. The van der Waals surface area contributed by atoms with Crippen LogP contribution in [0.4, 0.5) is 0 Å². The second-order valence-electron chi connectivity index (χ2n) is 4.37. The fraction of sp³-hybridized carbons (Fsp3) is 0.200. The number of rotatable bonds is 6. The van der Waals surface area contributed by atoms with Crippen molar-refractivity contribution >= 4 is 23.2 Å². The molecule has 1 heterocycles. The van der Waals surface area contributed by atoms with Crippen LogP contribution in [0.3, 0.4) is 0 Å². The van der Waals surface area contributed by atoms with Gasteiger partial charge in [0.2, 0.25) is 5.91 Å². The summed E-state index contributed by atoms with van der Waals surface area (Å²) in [6.45, 7) is 0.560. The Morgan fingerprint density at radius 3 is 2.70 bits per heavy atom. The highest BCUT2D eigenvalue weighted by Gasteiger charge is 2.12. The van der Waals surface area contributed by atoms with Crippen LogP contribution < -0.4 is 5.32 Å². The van der Waals surface area contributed by atoms with Crippen molar-refractivity contribution in [3.05, 3.63) is 57.8 Å². The molecule has 20 heavy (non-hydrogen) atoms. The van der Waals surface area contributed by atoms with Crippen molar-refractivity contribution in [3.63, 3.8) is 0 Å². The molecule has 0 bridgehead atoms. The summed E-state index contributed by atoms with van der Waals surface area (Å²) in [7, 11) is 0. The lowest BCUT2D eigenvalue weighted by Gasteiger charge is -2.07. The highest BCUT2D eigenvalue weighted by molar-refractivity contribution is 7.07. The fourth-order valence-electron chi connectivity index (χ4n) is 1.90. The first kappa shape index (κ1) is 14.3. The van der Waals surface area contributed by atoms with E-state index in [-0.39, 0.29) is 17.9 Å². The number of carboxylic acids is 1. The summed E-state index contributed by atoms with van der Waals surface area (Å²) in [6, 6.07) is 8.59. The van der Waals surface area contributed by atoms with Gasteiger partial charge in [0.15, 0.2) is 0 Å². The molecule has 0 atom stereocenters. The standard InChI is InChI=1S/C15H15NO3S/c17-14(16-7-5-11-6-8-20-10-11)9-12-3-1-2-4-13(12)15(18)19/h1-4,6,8,10H,5,7,9H2,(H,16,17)(H,18,19). The van der Waals surface area contributed by atoms with Crippen LogP contribution in [0, 0.1) is 0 Å². The van der Waals surface area contributed by atoms with Crippen molar-refractivity contribution in [2.24, 2.45) is 0 Å².